The molecular weight excluding hydrogens is 496 g/mol. The highest BCUT2D eigenvalue weighted by Crippen LogP contribution is 2.39. The molecule has 0 saturated carbocycles. The van der Waals surface area contributed by atoms with Crippen LogP contribution in [-0.4, -0.2) is 24.0 Å². The van der Waals surface area contributed by atoms with Crippen molar-refractivity contribution in [3.8, 4) is 11.1 Å². The fourth-order valence-corrected chi connectivity index (χ4v) is 4.33. The molecule has 4 rings (SSSR count). The van der Waals surface area contributed by atoms with Crippen LogP contribution < -0.4 is 10.2 Å². The van der Waals surface area contributed by atoms with Gasteiger partial charge in [-0.2, -0.15) is 26.3 Å². The van der Waals surface area contributed by atoms with Crippen molar-refractivity contribution in [3.05, 3.63) is 77.0 Å². The van der Waals surface area contributed by atoms with E-state index < -0.39 is 29.4 Å². The summed E-state index contributed by atoms with van der Waals surface area (Å²) in [6.07, 6.45) is -3.87. The van der Waals surface area contributed by atoms with Gasteiger partial charge in [0.05, 0.1) is 23.0 Å². The molecule has 2 heterocycles. The quantitative estimate of drug-likeness (QED) is 0.358. The average molecular weight is 522 g/mol. The third-order valence-electron chi connectivity index (χ3n) is 6.33. The number of carbonyl (C=O) groups is 1. The van der Waals surface area contributed by atoms with Crippen LogP contribution in [-0.2, 0) is 12.4 Å². The molecule has 0 atom stereocenters. The average Bonchev–Trinajstić information content (AvgIpc) is 3.13. The fraction of sp³-hybridized carbons (Fsp3) is 0.333. The first kappa shape index (κ1) is 26.5. The van der Waals surface area contributed by atoms with Crippen LogP contribution in [0, 0.1) is 6.92 Å². The summed E-state index contributed by atoms with van der Waals surface area (Å²) in [5.74, 6) is 0.246. The van der Waals surface area contributed by atoms with Crippen molar-refractivity contribution >= 4 is 17.4 Å². The summed E-state index contributed by atoms with van der Waals surface area (Å²) < 4.78 is 80.0. The van der Waals surface area contributed by atoms with Crippen LogP contribution in [0.5, 0.6) is 0 Å². The Balaban J connectivity index is 1.59. The van der Waals surface area contributed by atoms with Gasteiger partial charge >= 0.3 is 12.4 Å². The first-order valence-corrected chi connectivity index (χ1v) is 11.8. The Morgan fingerprint density at radius 3 is 2.00 bits per heavy atom. The molecule has 1 aromatic heterocycles. The molecule has 1 N–H and O–H groups in total. The lowest BCUT2D eigenvalue weighted by molar-refractivity contribution is -0.143. The van der Waals surface area contributed by atoms with E-state index in [1.165, 1.54) is 37.2 Å². The van der Waals surface area contributed by atoms with Gasteiger partial charge in [0.1, 0.15) is 5.82 Å². The van der Waals surface area contributed by atoms with Gasteiger partial charge in [-0.15, -0.1) is 0 Å². The molecule has 0 radical (unpaired) electrons. The molecule has 1 aliphatic rings. The minimum atomic E-state index is -4.97. The van der Waals surface area contributed by atoms with Gasteiger partial charge in [0, 0.05) is 18.7 Å². The second-order valence-electron chi connectivity index (χ2n) is 9.08. The lowest BCUT2D eigenvalue weighted by atomic mass is 9.94. The molecule has 0 bridgehead atoms. The lowest BCUT2D eigenvalue weighted by Gasteiger charge is -2.21. The summed E-state index contributed by atoms with van der Waals surface area (Å²) >= 11 is 0. The molecule has 2 aromatic carbocycles. The number of hydrogen-bond acceptors (Lipinski definition) is 3. The van der Waals surface area contributed by atoms with Crippen LogP contribution in [0.25, 0.3) is 11.1 Å². The number of anilines is 2. The van der Waals surface area contributed by atoms with Crippen LogP contribution in [0.4, 0.5) is 37.8 Å². The Morgan fingerprint density at radius 2 is 1.46 bits per heavy atom. The summed E-state index contributed by atoms with van der Waals surface area (Å²) in [6, 6.07) is 9.15. The number of rotatable bonds is 4. The van der Waals surface area contributed by atoms with Crippen molar-refractivity contribution in [2.45, 2.75) is 45.0 Å². The van der Waals surface area contributed by atoms with Crippen LogP contribution in [0.15, 0.2) is 54.7 Å². The number of benzene rings is 2. The molecule has 1 aliphatic heterocycles. The van der Waals surface area contributed by atoms with E-state index in [0.717, 1.165) is 31.7 Å². The van der Waals surface area contributed by atoms with Gasteiger partial charge in [0.25, 0.3) is 5.91 Å². The van der Waals surface area contributed by atoms with Gasteiger partial charge < -0.3 is 10.2 Å². The number of hydrogen-bond donors (Lipinski definition) is 1. The number of aryl methyl sites for hydroxylation is 1. The molecular formula is C27H25F6N3O. The molecule has 3 aromatic rings. The maximum absolute atomic E-state index is 13.3. The number of carbonyl (C=O) groups excluding carboxylic acids is 1. The molecule has 0 aliphatic carbocycles. The third kappa shape index (κ3) is 6.42. The molecule has 10 heteroatoms. The molecule has 196 valence electrons. The van der Waals surface area contributed by atoms with E-state index in [-0.39, 0.29) is 22.8 Å². The first-order valence-electron chi connectivity index (χ1n) is 11.8. The zero-order valence-electron chi connectivity index (χ0n) is 20.0. The Bertz CT molecular complexity index is 1230. The Morgan fingerprint density at radius 1 is 0.838 bits per heavy atom. The zero-order valence-corrected chi connectivity index (χ0v) is 20.0. The van der Waals surface area contributed by atoms with Crippen molar-refractivity contribution in [3.63, 3.8) is 0 Å². The van der Waals surface area contributed by atoms with Crippen molar-refractivity contribution in [1.29, 1.82) is 0 Å². The van der Waals surface area contributed by atoms with Crippen molar-refractivity contribution in [2.24, 2.45) is 0 Å². The smallest absolute Gasteiger partial charge is 0.357 e. The number of nitrogens with one attached hydrogen (secondary N) is 1. The molecule has 37 heavy (non-hydrogen) atoms. The van der Waals surface area contributed by atoms with Gasteiger partial charge in [0.2, 0.25) is 0 Å². The van der Waals surface area contributed by atoms with Crippen LogP contribution in [0.2, 0.25) is 0 Å². The molecule has 0 unspecified atom stereocenters. The minimum absolute atomic E-state index is 0.0810. The highest BCUT2D eigenvalue weighted by molar-refractivity contribution is 6.05. The minimum Gasteiger partial charge on any atom is -0.357 e. The number of halogens is 6. The number of pyridine rings is 1. The Kier molecular flexibility index (Phi) is 7.47. The predicted octanol–water partition coefficient (Wildman–Crippen LogP) is 7.73. The van der Waals surface area contributed by atoms with Gasteiger partial charge in [-0.1, -0.05) is 18.9 Å². The first-order chi connectivity index (χ1) is 17.4. The number of aromatic nitrogens is 1. The van der Waals surface area contributed by atoms with Crippen molar-refractivity contribution < 1.29 is 31.1 Å². The maximum atomic E-state index is 13.3. The van der Waals surface area contributed by atoms with Crippen LogP contribution in [0.1, 0.15) is 52.7 Å². The number of amides is 1. The summed E-state index contributed by atoms with van der Waals surface area (Å²) in [6.45, 7) is 3.38. The second-order valence-corrected chi connectivity index (χ2v) is 9.08. The lowest BCUT2D eigenvalue weighted by Crippen LogP contribution is -2.24. The summed E-state index contributed by atoms with van der Waals surface area (Å²) in [7, 11) is 0. The van der Waals surface area contributed by atoms with Crippen molar-refractivity contribution in [2.75, 3.05) is 23.3 Å². The van der Waals surface area contributed by atoms with E-state index in [2.05, 4.69) is 15.2 Å². The van der Waals surface area contributed by atoms with E-state index in [9.17, 15) is 31.1 Å². The Labute approximate surface area is 210 Å². The normalized spacial score (nSPS) is 14.8. The van der Waals surface area contributed by atoms with E-state index >= 15 is 0 Å². The van der Waals surface area contributed by atoms with Crippen molar-refractivity contribution in [1.82, 2.24) is 4.98 Å². The molecule has 0 spiro atoms. The largest absolute Gasteiger partial charge is 0.416 e. The second kappa shape index (κ2) is 10.4. The van der Waals surface area contributed by atoms with E-state index in [1.54, 1.807) is 13.0 Å². The monoisotopic (exact) mass is 521 g/mol. The van der Waals surface area contributed by atoms with Gasteiger partial charge in [-0.3, -0.25) is 4.79 Å². The summed E-state index contributed by atoms with van der Waals surface area (Å²) in [5, 5.41) is 2.69. The highest BCUT2D eigenvalue weighted by atomic mass is 19.4. The number of alkyl halides is 6. The predicted molar refractivity (Wildman–Crippen MR) is 129 cm³/mol. The van der Waals surface area contributed by atoms with E-state index in [4.69, 9.17) is 0 Å². The molecule has 1 amide bonds. The zero-order chi connectivity index (χ0) is 26.8. The summed E-state index contributed by atoms with van der Waals surface area (Å²) in [5.41, 5.74) is -2.08. The molecule has 1 saturated heterocycles. The van der Waals surface area contributed by atoms with Gasteiger partial charge in [-0.25, -0.2) is 4.98 Å². The standard InChI is InChI=1S/C27H25F6N3O/c1-17-6-7-18(14-23(17)19-12-20(26(28,29)30)15-21(13-19)27(31,32)33)25(37)35-22-8-9-24(34-16-22)36-10-4-2-3-5-11-36/h6-9,12-16H,2-5,10-11H2,1H3,(H,35,37). The Hall–Kier alpha value is -3.56. The molecule has 4 nitrogen and oxygen atoms in total. The topological polar surface area (TPSA) is 45.2 Å². The molecule has 1 fully saturated rings. The van der Waals surface area contributed by atoms with Crippen LogP contribution in [0.3, 0.4) is 0 Å². The maximum Gasteiger partial charge on any atom is 0.416 e. The fourth-order valence-electron chi connectivity index (χ4n) is 4.33. The van der Waals surface area contributed by atoms with Crippen LogP contribution >= 0.6 is 0 Å². The third-order valence-corrected chi connectivity index (χ3v) is 6.33. The van der Waals surface area contributed by atoms with E-state index in [0.29, 0.717) is 23.4 Å². The summed E-state index contributed by atoms with van der Waals surface area (Å²) in [4.78, 5) is 19.5. The SMILES string of the molecule is Cc1ccc(C(=O)Nc2ccc(N3CCCCCC3)nc2)cc1-c1cc(C(F)(F)F)cc(C(F)(F)F)c1. The van der Waals surface area contributed by atoms with Gasteiger partial charge in [0.15, 0.2) is 0 Å². The highest BCUT2D eigenvalue weighted by Gasteiger charge is 2.37. The van der Waals surface area contributed by atoms with Gasteiger partial charge in [-0.05, 0) is 78.9 Å². The van der Waals surface area contributed by atoms with E-state index in [1.807, 2.05) is 6.07 Å². The number of nitrogens with zero attached hydrogens (tertiary/aromatic N) is 2.